The Kier molecular flexibility index (Phi) is 6.40. The lowest BCUT2D eigenvalue weighted by molar-refractivity contribution is -0.132. The number of hydrogen-bond donors (Lipinski definition) is 1. The maximum absolute atomic E-state index is 12.5. The molecule has 1 aromatic heterocycles. The normalized spacial score (nSPS) is 22.3. The van der Waals surface area contributed by atoms with Crippen LogP contribution in [-0.4, -0.2) is 58.9 Å². The molecule has 3 rings (SSSR count). The molecule has 0 radical (unpaired) electrons. The van der Waals surface area contributed by atoms with Gasteiger partial charge in [0, 0.05) is 44.1 Å². The van der Waals surface area contributed by atoms with E-state index in [0.717, 1.165) is 69.4 Å². The first-order chi connectivity index (χ1) is 10.3. The smallest absolute Gasteiger partial charge is 0.239 e. The fourth-order valence-electron chi connectivity index (χ4n) is 2.96. The molecular formula is C14H24ClN5OS. The Morgan fingerprint density at radius 1 is 1.32 bits per heavy atom. The first-order valence-electron chi connectivity index (χ1n) is 7.87. The summed E-state index contributed by atoms with van der Waals surface area (Å²) in [7, 11) is 0. The fraction of sp³-hybridized carbons (Fsp3) is 0.786. The zero-order valence-corrected chi connectivity index (χ0v) is 14.6. The van der Waals surface area contributed by atoms with E-state index in [2.05, 4.69) is 26.5 Å². The van der Waals surface area contributed by atoms with Gasteiger partial charge in [-0.05, 0) is 25.8 Å². The van der Waals surface area contributed by atoms with Crippen LogP contribution in [0.2, 0.25) is 0 Å². The third kappa shape index (κ3) is 3.88. The van der Waals surface area contributed by atoms with E-state index >= 15 is 0 Å². The van der Waals surface area contributed by atoms with E-state index in [-0.39, 0.29) is 24.4 Å². The number of amides is 1. The van der Waals surface area contributed by atoms with Gasteiger partial charge in [0.15, 0.2) is 0 Å². The number of rotatable bonds is 3. The van der Waals surface area contributed by atoms with Crippen LogP contribution in [0.3, 0.4) is 0 Å². The van der Waals surface area contributed by atoms with Crippen LogP contribution in [0.1, 0.15) is 32.0 Å². The van der Waals surface area contributed by atoms with Gasteiger partial charge in [-0.1, -0.05) is 6.92 Å². The van der Waals surface area contributed by atoms with Gasteiger partial charge in [-0.2, -0.15) is 4.37 Å². The van der Waals surface area contributed by atoms with E-state index in [4.69, 9.17) is 0 Å². The SMILES string of the molecule is CCc1nsc(N2CCCN(C(=O)C3CCCN3)CC2)n1.Cl. The minimum atomic E-state index is 0. The first-order valence-corrected chi connectivity index (χ1v) is 8.65. The van der Waals surface area contributed by atoms with Crippen LogP contribution >= 0.6 is 23.9 Å². The molecule has 1 N–H and O–H groups in total. The molecule has 1 atom stereocenters. The highest BCUT2D eigenvalue weighted by molar-refractivity contribution is 7.09. The predicted molar refractivity (Wildman–Crippen MR) is 91.0 cm³/mol. The van der Waals surface area contributed by atoms with E-state index in [1.54, 1.807) is 0 Å². The van der Waals surface area contributed by atoms with Crippen LogP contribution in [-0.2, 0) is 11.2 Å². The average Bonchev–Trinajstić information content (AvgIpc) is 3.14. The Bertz CT molecular complexity index is 491. The lowest BCUT2D eigenvalue weighted by Gasteiger charge is -2.24. The second-order valence-corrected chi connectivity index (χ2v) is 6.39. The van der Waals surface area contributed by atoms with Crippen molar-refractivity contribution in [2.24, 2.45) is 0 Å². The third-order valence-corrected chi connectivity index (χ3v) is 5.02. The molecule has 0 bridgehead atoms. The van der Waals surface area contributed by atoms with Crippen LogP contribution in [0, 0.1) is 0 Å². The number of nitrogens with zero attached hydrogens (tertiary/aromatic N) is 4. The summed E-state index contributed by atoms with van der Waals surface area (Å²) in [6, 6.07) is 0.0461. The molecule has 2 fully saturated rings. The van der Waals surface area contributed by atoms with Crippen LogP contribution in [0.15, 0.2) is 0 Å². The largest absolute Gasteiger partial charge is 0.345 e. The zero-order valence-electron chi connectivity index (χ0n) is 13.0. The van der Waals surface area contributed by atoms with E-state index < -0.39 is 0 Å². The second-order valence-electron chi connectivity index (χ2n) is 5.66. The van der Waals surface area contributed by atoms with E-state index in [9.17, 15) is 4.79 Å². The molecule has 2 aliphatic rings. The summed E-state index contributed by atoms with van der Waals surface area (Å²) in [4.78, 5) is 21.3. The fourth-order valence-corrected chi connectivity index (χ4v) is 3.76. The Morgan fingerprint density at radius 2 is 2.18 bits per heavy atom. The number of carbonyl (C=O) groups excluding carboxylic acids is 1. The number of carbonyl (C=O) groups is 1. The summed E-state index contributed by atoms with van der Waals surface area (Å²) in [5.41, 5.74) is 0. The summed E-state index contributed by atoms with van der Waals surface area (Å²) in [6.45, 7) is 6.51. The highest BCUT2D eigenvalue weighted by atomic mass is 35.5. The van der Waals surface area contributed by atoms with Gasteiger partial charge in [-0.15, -0.1) is 12.4 Å². The van der Waals surface area contributed by atoms with Crippen molar-refractivity contribution >= 4 is 35.0 Å². The van der Waals surface area contributed by atoms with Crippen molar-refractivity contribution in [3.8, 4) is 0 Å². The van der Waals surface area contributed by atoms with Crippen molar-refractivity contribution in [3.05, 3.63) is 5.82 Å². The number of anilines is 1. The van der Waals surface area contributed by atoms with Gasteiger partial charge >= 0.3 is 0 Å². The summed E-state index contributed by atoms with van der Waals surface area (Å²) < 4.78 is 4.36. The van der Waals surface area contributed by atoms with Gasteiger partial charge in [-0.3, -0.25) is 4.79 Å². The van der Waals surface area contributed by atoms with Crippen molar-refractivity contribution in [2.45, 2.75) is 38.6 Å². The zero-order chi connectivity index (χ0) is 14.7. The monoisotopic (exact) mass is 345 g/mol. The molecule has 1 amide bonds. The molecule has 0 spiro atoms. The Hall–Kier alpha value is -0.920. The van der Waals surface area contributed by atoms with E-state index in [1.807, 2.05) is 4.90 Å². The average molecular weight is 346 g/mol. The van der Waals surface area contributed by atoms with Crippen LogP contribution in [0.4, 0.5) is 5.13 Å². The van der Waals surface area contributed by atoms with Crippen molar-refractivity contribution in [1.82, 2.24) is 19.6 Å². The Morgan fingerprint density at radius 3 is 2.86 bits per heavy atom. The molecule has 1 aromatic rings. The highest BCUT2D eigenvalue weighted by Gasteiger charge is 2.28. The summed E-state index contributed by atoms with van der Waals surface area (Å²) in [5.74, 6) is 1.20. The first kappa shape index (κ1) is 17.4. The van der Waals surface area contributed by atoms with Crippen LogP contribution in [0.25, 0.3) is 0 Å². The molecule has 0 aliphatic carbocycles. The van der Waals surface area contributed by atoms with Crippen molar-refractivity contribution in [1.29, 1.82) is 0 Å². The Balaban J connectivity index is 0.00000176. The van der Waals surface area contributed by atoms with Gasteiger partial charge in [0.25, 0.3) is 0 Å². The minimum absolute atomic E-state index is 0. The molecule has 0 aromatic carbocycles. The van der Waals surface area contributed by atoms with E-state index in [1.165, 1.54) is 11.5 Å². The standard InChI is InChI=1S/C14H23N5OS.ClH/c1-2-12-16-14(21-17-12)19-8-4-7-18(9-10-19)13(20)11-5-3-6-15-11;/h11,15H,2-10H2,1H3;1H. The number of nitrogens with one attached hydrogen (secondary N) is 1. The van der Waals surface area contributed by atoms with Gasteiger partial charge in [0.05, 0.1) is 6.04 Å². The quantitative estimate of drug-likeness (QED) is 0.895. The van der Waals surface area contributed by atoms with Gasteiger partial charge in [0.1, 0.15) is 5.82 Å². The van der Waals surface area contributed by atoms with Crippen LogP contribution in [0.5, 0.6) is 0 Å². The van der Waals surface area contributed by atoms with Crippen molar-refractivity contribution in [3.63, 3.8) is 0 Å². The predicted octanol–water partition coefficient (Wildman–Crippen LogP) is 1.31. The molecule has 2 aliphatic heterocycles. The van der Waals surface area contributed by atoms with Gasteiger partial charge in [0.2, 0.25) is 11.0 Å². The molecule has 0 saturated carbocycles. The summed E-state index contributed by atoms with van der Waals surface area (Å²) in [6.07, 6.45) is 3.97. The molecule has 8 heteroatoms. The number of hydrogen-bond acceptors (Lipinski definition) is 6. The molecule has 124 valence electrons. The number of aromatic nitrogens is 2. The van der Waals surface area contributed by atoms with Crippen molar-refractivity contribution in [2.75, 3.05) is 37.6 Å². The maximum atomic E-state index is 12.5. The molecule has 6 nitrogen and oxygen atoms in total. The van der Waals surface area contributed by atoms with Crippen molar-refractivity contribution < 1.29 is 4.79 Å². The summed E-state index contributed by atoms with van der Waals surface area (Å²) in [5, 5.41) is 4.30. The molecular weight excluding hydrogens is 322 g/mol. The summed E-state index contributed by atoms with van der Waals surface area (Å²) >= 11 is 1.47. The minimum Gasteiger partial charge on any atom is -0.345 e. The third-order valence-electron chi connectivity index (χ3n) is 4.21. The molecule has 1 unspecified atom stereocenters. The van der Waals surface area contributed by atoms with E-state index in [0.29, 0.717) is 0 Å². The van der Waals surface area contributed by atoms with Gasteiger partial charge in [-0.25, -0.2) is 4.98 Å². The van der Waals surface area contributed by atoms with Crippen LogP contribution < -0.4 is 10.2 Å². The lowest BCUT2D eigenvalue weighted by Crippen LogP contribution is -2.45. The molecule has 22 heavy (non-hydrogen) atoms. The topological polar surface area (TPSA) is 61.4 Å². The maximum Gasteiger partial charge on any atom is 0.239 e. The van der Waals surface area contributed by atoms with Gasteiger partial charge < -0.3 is 15.1 Å². The second kappa shape index (κ2) is 8.08. The lowest BCUT2D eigenvalue weighted by atomic mass is 10.2. The highest BCUT2D eigenvalue weighted by Crippen LogP contribution is 2.20. The molecule has 2 saturated heterocycles. The Labute approximate surface area is 141 Å². The number of halogens is 1. The molecule has 3 heterocycles. The number of aryl methyl sites for hydroxylation is 1.